The Bertz CT molecular complexity index is 1230. The van der Waals surface area contributed by atoms with E-state index in [1.54, 1.807) is 13.3 Å². The van der Waals surface area contributed by atoms with Crippen molar-refractivity contribution in [2.45, 2.75) is 0 Å². The summed E-state index contributed by atoms with van der Waals surface area (Å²) in [5.74, 6) is 1.14. The van der Waals surface area contributed by atoms with Crippen LogP contribution in [0.25, 0.3) is 22.3 Å². The lowest BCUT2D eigenvalue weighted by atomic mass is 10.1. The second-order valence-electron chi connectivity index (χ2n) is 8.13. The molecule has 1 aliphatic rings. The monoisotopic (exact) mass is 429 g/mol. The van der Waals surface area contributed by atoms with Gasteiger partial charge >= 0.3 is 0 Å². The summed E-state index contributed by atoms with van der Waals surface area (Å²) in [7, 11) is 5.78. The summed E-state index contributed by atoms with van der Waals surface area (Å²) in [6.45, 7) is 4.28. The molecular formula is C24H27N7O. The molecule has 8 heteroatoms. The van der Waals surface area contributed by atoms with Crippen molar-refractivity contribution in [2.75, 3.05) is 50.6 Å². The van der Waals surface area contributed by atoms with Crippen molar-refractivity contribution in [1.82, 2.24) is 24.4 Å². The number of piperazine rings is 1. The average Bonchev–Trinajstić information content (AvgIpc) is 3.20. The van der Waals surface area contributed by atoms with Crippen molar-refractivity contribution in [3.05, 3.63) is 55.0 Å². The summed E-state index contributed by atoms with van der Waals surface area (Å²) in [4.78, 5) is 18.4. The topological polar surface area (TPSA) is 71.3 Å². The molecule has 1 N–H and O–H groups in total. The van der Waals surface area contributed by atoms with Crippen molar-refractivity contribution in [2.24, 2.45) is 7.05 Å². The van der Waals surface area contributed by atoms with Crippen LogP contribution in [0.15, 0.2) is 55.0 Å². The van der Waals surface area contributed by atoms with Gasteiger partial charge in [-0.25, -0.2) is 15.0 Å². The summed E-state index contributed by atoms with van der Waals surface area (Å²) in [5.41, 5.74) is 5.83. The number of ether oxygens (including phenoxy) is 1. The first kappa shape index (κ1) is 20.3. The highest BCUT2D eigenvalue weighted by Gasteiger charge is 2.15. The Hall–Kier alpha value is -3.65. The molecule has 8 nitrogen and oxygen atoms in total. The number of anilines is 3. The van der Waals surface area contributed by atoms with Crippen molar-refractivity contribution in [3.63, 3.8) is 0 Å². The highest BCUT2D eigenvalue weighted by Crippen LogP contribution is 2.31. The van der Waals surface area contributed by atoms with E-state index in [4.69, 9.17) is 9.72 Å². The van der Waals surface area contributed by atoms with Gasteiger partial charge in [-0.15, -0.1) is 0 Å². The Morgan fingerprint density at radius 2 is 1.72 bits per heavy atom. The van der Waals surface area contributed by atoms with E-state index in [1.165, 1.54) is 5.69 Å². The maximum atomic E-state index is 5.53. The number of hydrogen-bond acceptors (Lipinski definition) is 7. The van der Waals surface area contributed by atoms with E-state index in [2.05, 4.69) is 56.4 Å². The largest absolute Gasteiger partial charge is 0.493 e. The van der Waals surface area contributed by atoms with E-state index in [0.717, 1.165) is 54.2 Å². The second kappa shape index (κ2) is 8.47. The zero-order chi connectivity index (χ0) is 22.1. The van der Waals surface area contributed by atoms with Crippen LogP contribution in [0.2, 0.25) is 0 Å². The maximum absolute atomic E-state index is 5.53. The molecule has 4 aromatic rings. The van der Waals surface area contributed by atoms with Crippen LogP contribution in [-0.4, -0.2) is 64.8 Å². The number of nitrogens with zero attached hydrogens (tertiary/aromatic N) is 6. The highest BCUT2D eigenvalue weighted by molar-refractivity contribution is 5.82. The van der Waals surface area contributed by atoms with E-state index in [1.807, 2.05) is 36.1 Å². The Morgan fingerprint density at radius 1 is 0.938 bits per heavy atom. The molecule has 32 heavy (non-hydrogen) atoms. The fourth-order valence-electron chi connectivity index (χ4n) is 4.02. The standard InChI is InChI=1S/C24H27N7O/c1-29-10-12-31(13-11-29)19-7-5-18(6-8-19)27-24-25-15-22(32-3)23(28-24)17-4-9-21-20(14-17)26-16-30(21)2/h4-9,14-16H,10-13H2,1-3H3,(H,25,27,28). The molecule has 0 amide bonds. The Balaban J connectivity index is 1.38. The molecule has 1 saturated heterocycles. The van der Waals surface area contributed by atoms with E-state index < -0.39 is 0 Å². The summed E-state index contributed by atoms with van der Waals surface area (Å²) >= 11 is 0. The zero-order valence-corrected chi connectivity index (χ0v) is 18.6. The van der Waals surface area contributed by atoms with Crippen LogP contribution in [0.1, 0.15) is 0 Å². The minimum absolute atomic E-state index is 0.522. The third kappa shape index (κ3) is 3.97. The molecule has 0 radical (unpaired) electrons. The number of aryl methyl sites for hydroxylation is 1. The van der Waals surface area contributed by atoms with Gasteiger partial charge in [-0.05, 0) is 43.4 Å². The number of likely N-dealkylation sites (N-methyl/N-ethyl adjacent to an activating group) is 1. The third-order valence-electron chi connectivity index (χ3n) is 5.97. The number of nitrogens with one attached hydrogen (secondary N) is 1. The van der Waals surface area contributed by atoms with Crippen LogP contribution in [0, 0.1) is 0 Å². The Labute approximate surface area is 187 Å². The predicted octanol–water partition coefficient (Wildman–Crippen LogP) is 3.53. The SMILES string of the molecule is COc1cnc(Nc2ccc(N3CCN(C)CC3)cc2)nc1-c1ccc2c(c1)ncn2C. The van der Waals surface area contributed by atoms with Gasteiger partial charge in [0, 0.05) is 50.2 Å². The molecule has 164 valence electrons. The number of benzene rings is 2. The van der Waals surface area contributed by atoms with Gasteiger partial charge in [0.1, 0.15) is 5.69 Å². The molecule has 3 heterocycles. The van der Waals surface area contributed by atoms with Gasteiger partial charge < -0.3 is 24.4 Å². The second-order valence-corrected chi connectivity index (χ2v) is 8.13. The molecule has 1 aliphatic heterocycles. The first-order valence-electron chi connectivity index (χ1n) is 10.7. The smallest absolute Gasteiger partial charge is 0.227 e. The van der Waals surface area contributed by atoms with E-state index in [-0.39, 0.29) is 0 Å². The van der Waals surface area contributed by atoms with Crippen molar-refractivity contribution in [1.29, 1.82) is 0 Å². The minimum Gasteiger partial charge on any atom is -0.493 e. The van der Waals surface area contributed by atoms with Gasteiger partial charge in [-0.1, -0.05) is 6.07 Å². The molecule has 0 saturated carbocycles. The van der Waals surface area contributed by atoms with Crippen LogP contribution in [0.4, 0.5) is 17.3 Å². The molecule has 0 atom stereocenters. The normalized spacial score (nSPS) is 14.7. The lowest BCUT2D eigenvalue weighted by Crippen LogP contribution is -2.44. The van der Waals surface area contributed by atoms with Crippen molar-refractivity contribution >= 4 is 28.4 Å². The van der Waals surface area contributed by atoms with Crippen molar-refractivity contribution in [3.8, 4) is 17.0 Å². The van der Waals surface area contributed by atoms with Gasteiger partial charge in [-0.2, -0.15) is 0 Å². The summed E-state index contributed by atoms with van der Waals surface area (Å²) in [6.07, 6.45) is 3.51. The van der Waals surface area contributed by atoms with Crippen LogP contribution < -0.4 is 15.0 Å². The molecule has 0 spiro atoms. The average molecular weight is 430 g/mol. The summed E-state index contributed by atoms with van der Waals surface area (Å²) in [5, 5.41) is 3.32. The van der Waals surface area contributed by atoms with Gasteiger partial charge in [-0.3, -0.25) is 0 Å². The minimum atomic E-state index is 0.522. The van der Waals surface area contributed by atoms with Crippen LogP contribution in [-0.2, 0) is 7.05 Å². The Morgan fingerprint density at radius 3 is 2.47 bits per heavy atom. The van der Waals surface area contributed by atoms with E-state index >= 15 is 0 Å². The molecular weight excluding hydrogens is 402 g/mol. The van der Waals surface area contributed by atoms with Crippen LogP contribution in [0.3, 0.4) is 0 Å². The summed E-state index contributed by atoms with van der Waals surface area (Å²) < 4.78 is 7.52. The zero-order valence-electron chi connectivity index (χ0n) is 18.6. The van der Waals surface area contributed by atoms with Gasteiger partial charge in [0.25, 0.3) is 0 Å². The number of hydrogen-bond donors (Lipinski definition) is 1. The van der Waals surface area contributed by atoms with Crippen LogP contribution in [0.5, 0.6) is 5.75 Å². The third-order valence-corrected chi connectivity index (χ3v) is 5.97. The first-order valence-corrected chi connectivity index (χ1v) is 10.7. The first-order chi connectivity index (χ1) is 15.6. The number of rotatable bonds is 5. The van der Waals surface area contributed by atoms with Crippen molar-refractivity contribution < 1.29 is 4.74 Å². The number of methoxy groups -OCH3 is 1. The van der Waals surface area contributed by atoms with Crippen LogP contribution >= 0.6 is 0 Å². The summed E-state index contributed by atoms with van der Waals surface area (Å²) in [6, 6.07) is 14.5. The van der Waals surface area contributed by atoms with E-state index in [0.29, 0.717) is 11.7 Å². The molecule has 2 aromatic heterocycles. The lowest BCUT2D eigenvalue weighted by Gasteiger charge is -2.34. The Kier molecular flexibility index (Phi) is 5.36. The molecule has 0 aliphatic carbocycles. The molecule has 2 aromatic carbocycles. The highest BCUT2D eigenvalue weighted by atomic mass is 16.5. The molecule has 1 fully saturated rings. The molecule has 5 rings (SSSR count). The van der Waals surface area contributed by atoms with Gasteiger partial charge in [0.05, 0.1) is 30.7 Å². The quantitative estimate of drug-likeness (QED) is 0.520. The maximum Gasteiger partial charge on any atom is 0.227 e. The van der Waals surface area contributed by atoms with E-state index in [9.17, 15) is 0 Å². The predicted molar refractivity (Wildman–Crippen MR) is 128 cm³/mol. The molecule has 0 bridgehead atoms. The lowest BCUT2D eigenvalue weighted by molar-refractivity contribution is 0.313. The fourth-order valence-corrected chi connectivity index (χ4v) is 4.02. The number of imidazole rings is 1. The number of aromatic nitrogens is 4. The van der Waals surface area contributed by atoms with Gasteiger partial charge in [0.15, 0.2) is 5.75 Å². The number of fused-ring (bicyclic) bond motifs is 1. The van der Waals surface area contributed by atoms with Gasteiger partial charge in [0.2, 0.25) is 5.95 Å². The fraction of sp³-hybridized carbons (Fsp3) is 0.292. The molecule has 0 unspecified atom stereocenters.